The van der Waals surface area contributed by atoms with Crippen LogP contribution >= 0.6 is 11.3 Å². The highest BCUT2D eigenvalue weighted by Gasteiger charge is 2.31. The van der Waals surface area contributed by atoms with Gasteiger partial charge in [-0.15, -0.1) is 11.3 Å². The molecule has 1 atom stereocenters. The van der Waals surface area contributed by atoms with Crippen LogP contribution in [0.2, 0.25) is 0 Å². The average molecular weight is 627 g/mol. The second-order valence-electron chi connectivity index (χ2n) is 10.7. The van der Waals surface area contributed by atoms with Crippen LogP contribution in [0.25, 0.3) is 54.9 Å². The van der Waals surface area contributed by atoms with Crippen LogP contribution in [0, 0.1) is 11.6 Å². The van der Waals surface area contributed by atoms with Crippen molar-refractivity contribution in [3.05, 3.63) is 84.2 Å². The molecule has 1 aliphatic heterocycles. The molecule has 6 aromatic rings. The fourth-order valence-corrected chi connectivity index (χ4v) is 6.87. The third-order valence-corrected chi connectivity index (χ3v) is 8.99. The molecule has 1 N–H and O–H groups in total. The maximum atomic E-state index is 16.0. The molecule has 12 heteroatoms. The highest BCUT2D eigenvalue weighted by molar-refractivity contribution is 7.18. The Morgan fingerprint density at radius 2 is 2.02 bits per heavy atom. The van der Waals surface area contributed by atoms with Gasteiger partial charge in [-0.25, -0.2) is 13.8 Å². The number of hydrogen-bond acceptors (Lipinski definition) is 7. The molecule has 1 aromatic carbocycles. The number of carbonyl (C=O) groups is 1. The molecule has 6 heterocycles. The minimum Gasteiger partial charge on any atom is -0.490 e. The number of H-pyrrole nitrogens is 1. The predicted octanol–water partition coefficient (Wildman–Crippen LogP) is 6.76. The number of ether oxygens (including phenoxy) is 2. The van der Waals surface area contributed by atoms with E-state index in [-0.39, 0.29) is 36.5 Å². The first-order valence-corrected chi connectivity index (χ1v) is 15.2. The molecule has 0 fully saturated rings. The minimum absolute atomic E-state index is 0.0341. The molecule has 0 bridgehead atoms. The number of benzene rings is 1. The number of amides is 1. The molecule has 5 aromatic heterocycles. The Labute approximate surface area is 260 Å². The number of aromatic nitrogens is 5. The fraction of sp³-hybridized carbons (Fsp3) is 0.212. The molecule has 1 unspecified atom stereocenters. The van der Waals surface area contributed by atoms with Gasteiger partial charge in [0.05, 0.1) is 53.6 Å². The summed E-state index contributed by atoms with van der Waals surface area (Å²) in [7, 11) is 1.53. The van der Waals surface area contributed by atoms with Crippen molar-refractivity contribution in [2.24, 2.45) is 0 Å². The second-order valence-corrected chi connectivity index (χ2v) is 11.6. The van der Waals surface area contributed by atoms with Crippen LogP contribution in [0.3, 0.4) is 0 Å². The van der Waals surface area contributed by atoms with Crippen LogP contribution in [0.4, 0.5) is 8.78 Å². The summed E-state index contributed by atoms with van der Waals surface area (Å²) in [6, 6.07) is 9.46. The first-order valence-electron chi connectivity index (χ1n) is 14.3. The number of hydrogen-bond donors (Lipinski definition) is 1. The molecule has 0 saturated carbocycles. The summed E-state index contributed by atoms with van der Waals surface area (Å²) in [5.41, 5.74) is 4.46. The molecule has 0 radical (unpaired) electrons. The third kappa shape index (κ3) is 4.95. The largest absolute Gasteiger partial charge is 0.490 e. The van der Waals surface area contributed by atoms with Crippen LogP contribution in [-0.4, -0.2) is 62.4 Å². The van der Waals surface area contributed by atoms with E-state index in [1.165, 1.54) is 30.6 Å². The number of thiophene rings is 1. The van der Waals surface area contributed by atoms with Crippen LogP contribution in [-0.2, 0) is 16.1 Å². The standard InChI is InChI=1S/C33H28F2N6O3S/c1-4-28(42)40-8-9-41-26(18(40)2)16-24(39-41)32-30(29-22(35)14-20(34)15-27(29)44-11-10-43-3)33-21(6-12-45-33)31(38-32)23-13-19-5-7-36-17-25(19)37-23/h4-7,12-18,37H,1,8-11H2,2-3H3. The summed E-state index contributed by atoms with van der Waals surface area (Å²) in [5.74, 6) is -1.68. The third-order valence-electron chi connectivity index (χ3n) is 8.06. The van der Waals surface area contributed by atoms with Gasteiger partial charge in [0.1, 0.15) is 35.4 Å². The number of pyridine rings is 2. The summed E-state index contributed by atoms with van der Waals surface area (Å²) in [5, 5.41) is 8.58. The Kier molecular flexibility index (Phi) is 7.38. The van der Waals surface area contributed by atoms with Crippen molar-refractivity contribution in [1.29, 1.82) is 0 Å². The van der Waals surface area contributed by atoms with Crippen molar-refractivity contribution >= 4 is 38.2 Å². The number of rotatable bonds is 8. The number of carbonyl (C=O) groups excluding carboxylic acids is 1. The Bertz CT molecular complexity index is 2070. The van der Waals surface area contributed by atoms with Crippen molar-refractivity contribution in [2.75, 3.05) is 26.9 Å². The summed E-state index contributed by atoms with van der Waals surface area (Å²) in [4.78, 5) is 27.1. The van der Waals surface area contributed by atoms with E-state index >= 15 is 4.39 Å². The Balaban J connectivity index is 1.50. The van der Waals surface area contributed by atoms with E-state index < -0.39 is 11.6 Å². The summed E-state index contributed by atoms with van der Waals surface area (Å²) in [6.45, 7) is 6.82. The molecular weight excluding hydrogens is 598 g/mol. The lowest BCUT2D eigenvalue weighted by atomic mass is 9.97. The van der Waals surface area contributed by atoms with E-state index in [4.69, 9.17) is 19.6 Å². The summed E-state index contributed by atoms with van der Waals surface area (Å²) < 4.78 is 44.2. The van der Waals surface area contributed by atoms with Gasteiger partial charge >= 0.3 is 0 Å². The van der Waals surface area contributed by atoms with Gasteiger partial charge < -0.3 is 19.4 Å². The highest BCUT2D eigenvalue weighted by atomic mass is 32.1. The Hall–Kier alpha value is -4.94. The molecule has 228 valence electrons. The van der Waals surface area contributed by atoms with Gasteiger partial charge in [-0.2, -0.15) is 5.10 Å². The number of nitrogens with one attached hydrogen (secondary N) is 1. The molecule has 0 spiro atoms. The number of nitrogens with zero attached hydrogens (tertiary/aromatic N) is 5. The van der Waals surface area contributed by atoms with E-state index in [1.807, 2.05) is 41.3 Å². The van der Waals surface area contributed by atoms with Gasteiger partial charge in [0.15, 0.2) is 0 Å². The zero-order valence-electron chi connectivity index (χ0n) is 24.5. The molecule has 45 heavy (non-hydrogen) atoms. The van der Waals surface area contributed by atoms with E-state index in [0.717, 1.165) is 38.4 Å². The van der Waals surface area contributed by atoms with Gasteiger partial charge in [-0.1, -0.05) is 6.58 Å². The van der Waals surface area contributed by atoms with E-state index in [9.17, 15) is 9.18 Å². The number of methoxy groups -OCH3 is 1. The fourth-order valence-electron chi connectivity index (χ4n) is 5.92. The van der Waals surface area contributed by atoms with E-state index in [0.29, 0.717) is 35.7 Å². The summed E-state index contributed by atoms with van der Waals surface area (Å²) in [6.07, 6.45) is 4.78. The first kappa shape index (κ1) is 28.8. The monoisotopic (exact) mass is 626 g/mol. The number of aromatic amines is 1. The Morgan fingerprint density at radius 1 is 1.16 bits per heavy atom. The predicted molar refractivity (Wildman–Crippen MR) is 169 cm³/mol. The van der Waals surface area contributed by atoms with Gasteiger partial charge in [-0.05, 0) is 42.6 Å². The Morgan fingerprint density at radius 3 is 2.82 bits per heavy atom. The quantitative estimate of drug-likeness (QED) is 0.148. The first-order chi connectivity index (χ1) is 21.9. The van der Waals surface area contributed by atoms with Crippen LogP contribution in [0.5, 0.6) is 5.75 Å². The van der Waals surface area contributed by atoms with Crippen molar-refractivity contribution < 1.29 is 23.0 Å². The topological polar surface area (TPSA) is 98.2 Å². The minimum atomic E-state index is -0.787. The highest BCUT2D eigenvalue weighted by Crippen LogP contribution is 2.47. The van der Waals surface area contributed by atoms with Crippen molar-refractivity contribution in [2.45, 2.75) is 19.5 Å². The smallest absolute Gasteiger partial charge is 0.246 e. The molecule has 9 nitrogen and oxygen atoms in total. The second kappa shape index (κ2) is 11.5. The molecule has 7 rings (SSSR count). The zero-order chi connectivity index (χ0) is 31.2. The van der Waals surface area contributed by atoms with E-state index in [2.05, 4.69) is 16.5 Å². The van der Waals surface area contributed by atoms with Crippen LogP contribution in [0.1, 0.15) is 18.7 Å². The molecular formula is C33H28F2N6O3S. The lowest BCUT2D eigenvalue weighted by Gasteiger charge is -2.33. The van der Waals surface area contributed by atoms with Crippen LogP contribution in [0.15, 0.2) is 66.8 Å². The molecule has 1 aliphatic rings. The van der Waals surface area contributed by atoms with Crippen LogP contribution < -0.4 is 4.74 Å². The normalized spacial score (nSPS) is 14.7. The maximum absolute atomic E-state index is 16.0. The van der Waals surface area contributed by atoms with Crippen molar-refractivity contribution in [1.82, 2.24) is 29.6 Å². The van der Waals surface area contributed by atoms with Gasteiger partial charge in [0, 0.05) is 53.0 Å². The lowest BCUT2D eigenvalue weighted by Crippen LogP contribution is -2.40. The molecule has 0 saturated heterocycles. The lowest BCUT2D eigenvalue weighted by molar-refractivity contribution is -0.129. The van der Waals surface area contributed by atoms with Gasteiger partial charge in [0.2, 0.25) is 5.91 Å². The average Bonchev–Trinajstić information content (AvgIpc) is 3.79. The van der Waals surface area contributed by atoms with Crippen molar-refractivity contribution in [3.63, 3.8) is 0 Å². The van der Waals surface area contributed by atoms with E-state index in [1.54, 1.807) is 17.3 Å². The molecule has 1 amide bonds. The molecule has 0 aliphatic carbocycles. The van der Waals surface area contributed by atoms with Gasteiger partial charge in [0.25, 0.3) is 0 Å². The summed E-state index contributed by atoms with van der Waals surface area (Å²) >= 11 is 1.42. The van der Waals surface area contributed by atoms with Crippen molar-refractivity contribution in [3.8, 4) is 39.7 Å². The number of halogens is 2. The zero-order valence-corrected chi connectivity index (χ0v) is 25.3. The maximum Gasteiger partial charge on any atom is 0.246 e. The number of fused-ring (bicyclic) bond motifs is 3. The SMILES string of the molecule is C=CC(=O)N1CCn2nc(-c3nc(-c4cc5ccncc5[nH]4)c4ccsc4c3-c3c(F)cc(F)cc3OCCOC)cc2C1C. The van der Waals surface area contributed by atoms with Gasteiger partial charge in [-0.3, -0.25) is 14.5 Å².